The molecule has 1 aliphatic heterocycles. The molecular weight excluding hydrogens is 264 g/mol. The van der Waals surface area contributed by atoms with Crippen LogP contribution >= 0.6 is 11.3 Å². The van der Waals surface area contributed by atoms with Gasteiger partial charge in [0.1, 0.15) is 6.10 Å². The molecule has 6 heteroatoms. The normalized spacial score (nSPS) is 17.4. The van der Waals surface area contributed by atoms with E-state index in [2.05, 4.69) is 0 Å². The van der Waals surface area contributed by atoms with Gasteiger partial charge in [-0.3, -0.25) is 9.59 Å². The molecule has 0 aliphatic carbocycles. The molecule has 1 atom stereocenters. The first-order valence-corrected chi connectivity index (χ1v) is 7.24. The van der Waals surface area contributed by atoms with Crippen molar-refractivity contribution >= 4 is 23.2 Å². The molecule has 2 amide bonds. The van der Waals surface area contributed by atoms with Crippen molar-refractivity contribution in [1.82, 2.24) is 9.80 Å². The molecule has 0 spiro atoms. The summed E-state index contributed by atoms with van der Waals surface area (Å²) in [6.45, 7) is 5.40. The summed E-state index contributed by atoms with van der Waals surface area (Å²) in [5.74, 6) is -0.235. The van der Waals surface area contributed by atoms with E-state index in [-0.39, 0.29) is 11.8 Å². The second-order valence-corrected chi connectivity index (χ2v) is 5.51. The number of carbonyl (C=O) groups is 2. The highest BCUT2D eigenvalue weighted by Gasteiger charge is 2.27. The smallest absolute Gasteiger partial charge is 0.255 e. The number of piperazine rings is 1. The van der Waals surface area contributed by atoms with Crippen LogP contribution in [0.25, 0.3) is 0 Å². The van der Waals surface area contributed by atoms with Crippen LogP contribution in [-0.4, -0.2) is 59.0 Å². The zero-order chi connectivity index (χ0) is 14.0. The van der Waals surface area contributed by atoms with Crippen LogP contribution in [0.1, 0.15) is 22.8 Å². The SMILES string of the molecule is Cc1cscc1C(=O)N1CCN(C(=O)C(C)O)CC1. The number of thiophene rings is 1. The van der Waals surface area contributed by atoms with Gasteiger partial charge in [0, 0.05) is 31.6 Å². The molecule has 0 saturated carbocycles. The lowest BCUT2D eigenvalue weighted by Gasteiger charge is -2.35. The molecule has 1 saturated heterocycles. The highest BCUT2D eigenvalue weighted by Crippen LogP contribution is 2.17. The maximum absolute atomic E-state index is 12.3. The Labute approximate surface area is 116 Å². The van der Waals surface area contributed by atoms with Crippen LogP contribution in [0.2, 0.25) is 0 Å². The fraction of sp³-hybridized carbons (Fsp3) is 0.538. The number of hydrogen-bond donors (Lipinski definition) is 1. The summed E-state index contributed by atoms with van der Waals surface area (Å²) in [5, 5.41) is 13.1. The summed E-state index contributed by atoms with van der Waals surface area (Å²) in [7, 11) is 0. The zero-order valence-corrected chi connectivity index (χ0v) is 11.9. The predicted molar refractivity (Wildman–Crippen MR) is 73.2 cm³/mol. The first-order chi connectivity index (χ1) is 9.00. The van der Waals surface area contributed by atoms with Gasteiger partial charge in [0.05, 0.1) is 5.56 Å². The predicted octanol–water partition coefficient (Wildman–Crippen LogP) is 0.722. The Morgan fingerprint density at radius 2 is 1.79 bits per heavy atom. The Kier molecular flexibility index (Phi) is 4.21. The molecule has 104 valence electrons. The van der Waals surface area contributed by atoms with Crippen LogP contribution in [0.4, 0.5) is 0 Å². The number of aryl methyl sites for hydroxylation is 1. The van der Waals surface area contributed by atoms with Crippen LogP contribution in [0.3, 0.4) is 0 Å². The van der Waals surface area contributed by atoms with Gasteiger partial charge in [0.2, 0.25) is 0 Å². The van der Waals surface area contributed by atoms with Gasteiger partial charge in [-0.2, -0.15) is 11.3 Å². The third-order valence-corrected chi connectivity index (χ3v) is 4.18. The number of hydrogen-bond acceptors (Lipinski definition) is 4. The van der Waals surface area contributed by atoms with E-state index in [1.165, 1.54) is 18.3 Å². The number of carbonyl (C=O) groups excluding carboxylic acids is 2. The van der Waals surface area contributed by atoms with E-state index in [0.717, 1.165) is 11.1 Å². The van der Waals surface area contributed by atoms with Gasteiger partial charge in [-0.15, -0.1) is 0 Å². The summed E-state index contributed by atoms with van der Waals surface area (Å²) in [4.78, 5) is 27.3. The lowest BCUT2D eigenvalue weighted by Crippen LogP contribution is -2.52. The highest BCUT2D eigenvalue weighted by atomic mass is 32.1. The largest absolute Gasteiger partial charge is 0.384 e. The number of aliphatic hydroxyl groups is 1. The second kappa shape index (κ2) is 5.71. The van der Waals surface area contributed by atoms with Crippen LogP contribution in [0.15, 0.2) is 10.8 Å². The molecule has 0 bridgehead atoms. The molecule has 0 radical (unpaired) electrons. The van der Waals surface area contributed by atoms with Gasteiger partial charge in [0.25, 0.3) is 11.8 Å². The number of nitrogens with zero attached hydrogens (tertiary/aromatic N) is 2. The molecule has 1 aliphatic rings. The molecule has 1 fully saturated rings. The van der Waals surface area contributed by atoms with Crippen molar-refractivity contribution in [1.29, 1.82) is 0 Å². The highest BCUT2D eigenvalue weighted by molar-refractivity contribution is 7.08. The number of rotatable bonds is 2. The van der Waals surface area contributed by atoms with Crippen molar-refractivity contribution in [2.75, 3.05) is 26.2 Å². The van der Waals surface area contributed by atoms with Crippen LogP contribution in [0.5, 0.6) is 0 Å². The van der Waals surface area contributed by atoms with Gasteiger partial charge >= 0.3 is 0 Å². The molecular formula is C13H18N2O3S. The van der Waals surface area contributed by atoms with Gasteiger partial charge < -0.3 is 14.9 Å². The topological polar surface area (TPSA) is 60.9 Å². The Balaban J connectivity index is 1.95. The monoisotopic (exact) mass is 282 g/mol. The van der Waals surface area contributed by atoms with Crippen molar-refractivity contribution in [3.63, 3.8) is 0 Å². The number of aliphatic hydroxyl groups excluding tert-OH is 1. The summed E-state index contributed by atoms with van der Waals surface area (Å²) >= 11 is 1.52. The first-order valence-electron chi connectivity index (χ1n) is 6.29. The van der Waals surface area contributed by atoms with Crippen molar-refractivity contribution in [3.05, 3.63) is 21.9 Å². The summed E-state index contributed by atoms with van der Waals surface area (Å²) in [5.41, 5.74) is 1.75. The van der Waals surface area contributed by atoms with Crippen molar-refractivity contribution < 1.29 is 14.7 Å². The molecule has 2 heterocycles. The van der Waals surface area contributed by atoms with Gasteiger partial charge in [-0.1, -0.05) is 0 Å². The van der Waals surface area contributed by atoms with E-state index in [1.807, 2.05) is 17.7 Å². The summed E-state index contributed by atoms with van der Waals surface area (Å²) in [6, 6.07) is 0. The molecule has 5 nitrogen and oxygen atoms in total. The standard InChI is InChI=1S/C13H18N2O3S/c1-9-7-19-8-11(9)13(18)15-5-3-14(4-6-15)12(17)10(2)16/h7-8,10,16H,3-6H2,1-2H3. The fourth-order valence-corrected chi connectivity index (χ4v) is 2.97. The van der Waals surface area contributed by atoms with Gasteiger partial charge in [-0.05, 0) is 24.8 Å². The van der Waals surface area contributed by atoms with E-state index >= 15 is 0 Å². The van der Waals surface area contributed by atoms with Crippen LogP contribution in [-0.2, 0) is 4.79 Å². The average Bonchev–Trinajstić information content (AvgIpc) is 2.83. The Morgan fingerprint density at radius 3 is 2.26 bits per heavy atom. The van der Waals surface area contributed by atoms with Crippen molar-refractivity contribution in [3.8, 4) is 0 Å². The second-order valence-electron chi connectivity index (χ2n) is 4.76. The van der Waals surface area contributed by atoms with Crippen LogP contribution in [0, 0.1) is 6.92 Å². The third-order valence-electron chi connectivity index (χ3n) is 3.32. The molecule has 0 aromatic carbocycles. The van der Waals surface area contributed by atoms with E-state index in [1.54, 1.807) is 9.80 Å². The molecule has 1 aromatic rings. The Bertz CT molecular complexity index is 476. The Hall–Kier alpha value is -1.40. The molecule has 1 N–H and O–H groups in total. The van der Waals surface area contributed by atoms with Gasteiger partial charge in [-0.25, -0.2) is 0 Å². The minimum Gasteiger partial charge on any atom is -0.384 e. The molecule has 19 heavy (non-hydrogen) atoms. The number of amides is 2. The lowest BCUT2D eigenvalue weighted by molar-refractivity contribution is -0.140. The van der Waals surface area contributed by atoms with Crippen molar-refractivity contribution in [2.24, 2.45) is 0 Å². The van der Waals surface area contributed by atoms with Crippen molar-refractivity contribution in [2.45, 2.75) is 20.0 Å². The lowest BCUT2D eigenvalue weighted by atomic mass is 10.2. The minimum absolute atomic E-state index is 0.0305. The van der Waals surface area contributed by atoms with E-state index in [0.29, 0.717) is 26.2 Å². The minimum atomic E-state index is -0.971. The van der Waals surface area contributed by atoms with E-state index in [9.17, 15) is 14.7 Å². The average molecular weight is 282 g/mol. The third kappa shape index (κ3) is 2.96. The maximum atomic E-state index is 12.3. The summed E-state index contributed by atoms with van der Waals surface area (Å²) < 4.78 is 0. The van der Waals surface area contributed by atoms with E-state index < -0.39 is 6.10 Å². The Morgan fingerprint density at radius 1 is 1.21 bits per heavy atom. The molecule has 1 unspecified atom stereocenters. The van der Waals surface area contributed by atoms with Crippen LogP contribution < -0.4 is 0 Å². The van der Waals surface area contributed by atoms with Gasteiger partial charge in [0.15, 0.2) is 0 Å². The molecule has 1 aromatic heterocycles. The summed E-state index contributed by atoms with van der Waals surface area (Å²) in [6.07, 6.45) is -0.971. The zero-order valence-electron chi connectivity index (χ0n) is 11.1. The maximum Gasteiger partial charge on any atom is 0.255 e. The first kappa shape index (κ1) is 14.0. The molecule has 2 rings (SSSR count). The van der Waals surface area contributed by atoms with E-state index in [4.69, 9.17) is 0 Å². The fourth-order valence-electron chi connectivity index (χ4n) is 2.14. The quantitative estimate of drug-likeness (QED) is 0.869.